The van der Waals surface area contributed by atoms with Gasteiger partial charge in [0.2, 0.25) is 5.91 Å². The van der Waals surface area contributed by atoms with Crippen LogP contribution in [0.3, 0.4) is 0 Å². The number of hydrogen-bond acceptors (Lipinski definition) is 5. The van der Waals surface area contributed by atoms with Crippen molar-refractivity contribution in [3.05, 3.63) is 45.8 Å². The van der Waals surface area contributed by atoms with Gasteiger partial charge in [0, 0.05) is 61.2 Å². The molecule has 2 amide bonds. The lowest BCUT2D eigenvalue weighted by Gasteiger charge is -2.28. The van der Waals surface area contributed by atoms with Crippen molar-refractivity contribution in [3.8, 4) is 0 Å². The van der Waals surface area contributed by atoms with Crippen LogP contribution in [-0.2, 0) is 19.4 Å². The van der Waals surface area contributed by atoms with Crippen LogP contribution in [0.1, 0.15) is 43.2 Å². The van der Waals surface area contributed by atoms with Gasteiger partial charge < -0.3 is 10.2 Å². The highest BCUT2D eigenvalue weighted by Gasteiger charge is 2.46. The predicted molar refractivity (Wildman–Crippen MR) is 141 cm³/mol. The highest BCUT2D eigenvalue weighted by Crippen LogP contribution is 2.39. The molecule has 0 unspecified atom stereocenters. The lowest BCUT2D eigenvalue weighted by atomic mass is 9.87. The van der Waals surface area contributed by atoms with Crippen LogP contribution in [0.25, 0.3) is 0 Å². The summed E-state index contributed by atoms with van der Waals surface area (Å²) < 4.78 is 77.9. The number of carbonyl (C=O) groups is 2. The van der Waals surface area contributed by atoms with Crippen LogP contribution in [0.15, 0.2) is 29.7 Å². The molecule has 2 fully saturated rings. The Labute approximate surface area is 231 Å². The maximum Gasteiger partial charge on any atom is 0.401 e. The molecular formula is C26H34ClF4N3O4S. The van der Waals surface area contributed by atoms with Crippen molar-refractivity contribution in [2.45, 2.75) is 56.9 Å². The summed E-state index contributed by atoms with van der Waals surface area (Å²) in [5.74, 6) is -2.68. The monoisotopic (exact) mass is 595 g/mol. The molecule has 0 saturated carbocycles. The van der Waals surface area contributed by atoms with Crippen molar-refractivity contribution in [3.63, 3.8) is 0 Å². The number of amides is 2. The van der Waals surface area contributed by atoms with Gasteiger partial charge in [-0.1, -0.05) is 35.4 Å². The molecule has 0 spiro atoms. The summed E-state index contributed by atoms with van der Waals surface area (Å²) in [7, 11) is -3.41. The van der Waals surface area contributed by atoms with Gasteiger partial charge in [0.15, 0.2) is 15.5 Å². The fourth-order valence-electron chi connectivity index (χ4n) is 5.21. The van der Waals surface area contributed by atoms with Crippen LogP contribution < -0.4 is 5.32 Å². The third-order valence-electron chi connectivity index (χ3n) is 7.14. The number of hydrogen-bond donors (Lipinski definition) is 1. The fourth-order valence-corrected chi connectivity index (χ4v) is 5.99. The molecule has 1 aromatic carbocycles. The zero-order chi connectivity index (χ0) is 29.2. The highest BCUT2D eigenvalue weighted by molar-refractivity contribution is 7.93. The van der Waals surface area contributed by atoms with Gasteiger partial charge in [-0.15, -0.1) is 0 Å². The van der Waals surface area contributed by atoms with Crippen LogP contribution in [-0.4, -0.2) is 86.9 Å². The summed E-state index contributed by atoms with van der Waals surface area (Å²) in [6, 6.07) is 4.49. The topological polar surface area (TPSA) is 86.8 Å². The van der Waals surface area contributed by atoms with Gasteiger partial charge in [-0.3, -0.25) is 14.5 Å². The molecule has 0 bridgehead atoms. The second-order valence-electron chi connectivity index (χ2n) is 10.6. The number of likely N-dealkylation sites (tertiary alicyclic amines) is 2. The van der Waals surface area contributed by atoms with E-state index >= 15 is 4.39 Å². The normalized spacial score (nSPS) is 26.0. The number of nitrogens with one attached hydrogen (secondary N) is 1. The quantitative estimate of drug-likeness (QED) is 0.482. The minimum absolute atomic E-state index is 0.00126. The van der Waals surface area contributed by atoms with Crippen molar-refractivity contribution in [2.75, 3.05) is 39.0 Å². The van der Waals surface area contributed by atoms with Gasteiger partial charge in [-0.05, 0) is 38.3 Å². The number of aryl methyl sites for hydroxylation is 1. The number of nitrogens with zero attached hydrogens (tertiary/aromatic N) is 2. The maximum atomic E-state index is 15.7. The van der Waals surface area contributed by atoms with E-state index in [-0.39, 0.29) is 45.4 Å². The molecule has 2 heterocycles. The number of sulfone groups is 1. The Kier molecular flexibility index (Phi) is 9.76. The first-order valence-electron chi connectivity index (χ1n) is 12.7. The second-order valence-corrected chi connectivity index (χ2v) is 12.9. The van der Waals surface area contributed by atoms with Gasteiger partial charge in [0.05, 0.1) is 12.5 Å². The Morgan fingerprint density at radius 2 is 1.92 bits per heavy atom. The van der Waals surface area contributed by atoms with Crippen LogP contribution in [0.2, 0.25) is 5.02 Å². The number of alkyl halides is 4. The molecule has 13 heteroatoms. The van der Waals surface area contributed by atoms with E-state index < -0.39 is 57.9 Å². The Morgan fingerprint density at radius 1 is 1.23 bits per heavy atom. The summed E-state index contributed by atoms with van der Waals surface area (Å²) in [5.41, 5.74) is -0.817. The van der Waals surface area contributed by atoms with E-state index in [0.29, 0.717) is 10.6 Å². The van der Waals surface area contributed by atoms with Crippen molar-refractivity contribution in [1.29, 1.82) is 0 Å². The molecule has 39 heavy (non-hydrogen) atoms. The third-order valence-corrected chi connectivity index (χ3v) is 8.13. The first-order chi connectivity index (χ1) is 18.0. The summed E-state index contributed by atoms with van der Waals surface area (Å²) in [5, 5.41) is 3.76. The molecule has 0 aromatic heterocycles. The van der Waals surface area contributed by atoms with E-state index in [9.17, 15) is 31.2 Å². The number of rotatable bonds is 7. The maximum absolute atomic E-state index is 15.7. The minimum atomic E-state index is -4.43. The molecular weight excluding hydrogens is 562 g/mol. The molecule has 2 saturated heterocycles. The SMILES string of the molecule is Cc1ccc(Cl)c([C@@H]2CN(CC(F)(F)F)C[C@@H]2C(=O)N2CCC[C@](F)(C(=O)N[C@H](C)/C=C\S(C)(=O)=O)CC2)c1. The van der Waals surface area contributed by atoms with Crippen LogP contribution in [0.4, 0.5) is 17.6 Å². The molecule has 4 atom stereocenters. The van der Waals surface area contributed by atoms with E-state index in [0.717, 1.165) is 17.2 Å². The van der Waals surface area contributed by atoms with E-state index in [1.165, 1.54) is 22.8 Å². The van der Waals surface area contributed by atoms with Gasteiger partial charge >= 0.3 is 6.18 Å². The van der Waals surface area contributed by atoms with Gasteiger partial charge in [-0.25, -0.2) is 12.8 Å². The van der Waals surface area contributed by atoms with Crippen molar-refractivity contribution in [1.82, 2.24) is 15.1 Å². The minimum Gasteiger partial charge on any atom is -0.347 e. The zero-order valence-electron chi connectivity index (χ0n) is 22.1. The molecule has 2 aliphatic heterocycles. The summed E-state index contributed by atoms with van der Waals surface area (Å²) in [6.45, 7) is 2.15. The lowest BCUT2D eigenvalue weighted by Crippen LogP contribution is -2.47. The summed E-state index contributed by atoms with van der Waals surface area (Å²) in [6.07, 6.45) is -2.46. The Hall–Kier alpha value is -2.18. The summed E-state index contributed by atoms with van der Waals surface area (Å²) >= 11 is 6.40. The first-order valence-corrected chi connectivity index (χ1v) is 15.0. The Morgan fingerprint density at radius 3 is 2.56 bits per heavy atom. The van der Waals surface area contributed by atoms with Gasteiger partial charge in [0.25, 0.3) is 5.91 Å². The molecule has 218 valence electrons. The average Bonchev–Trinajstić information content (AvgIpc) is 3.10. The molecule has 3 rings (SSSR count). The zero-order valence-corrected chi connectivity index (χ0v) is 23.7. The average molecular weight is 596 g/mol. The molecule has 0 radical (unpaired) electrons. The molecule has 1 aromatic rings. The first kappa shape index (κ1) is 31.3. The smallest absolute Gasteiger partial charge is 0.347 e. The van der Waals surface area contributed by atoms with E-state index in [2.05, 4.69) is 5.32 Å². The molecule has 2 aliphatic rings. The van der Waals surface area contributed by atoms with Crippen LogP contribution >= 0.6 is 11.6 Å². The largest absolute Gasteiger partial charge is 0.401 e. The Bertz CT molecular complexity index is 1210. The number of carbonyl (C=O) groups excluding carboxylic acids is 2. The summed E-state index contributed by atoms with van der Waals surface area (Å²) in [4.78, 5) is 29.0. The van der Waals surface area contributed by atoms with Crippen LogP contribution in [0.5, 0.6) is 0 Å². The van der Waals surface area contributed by atoms with Gasteiger partial charge in [0.1, 0.15) is 0 Å². The van der Waals surface area contributed by atoms with E-state index in [1.54, 1.807) is 18.2 Å². The van der Waals surface area contributed by atoms with Gasteiger partial charge in [-0.2, -0.15) is 13.2 Å². The van der Waals surface area contributed by atoms with Crippen molar-refractivity contribution in [2.24, 2.45) is 5.92 Å². The lowest BCUT2D eigenvalue weighted by molar-refractivity contribution is -0.146. The standard InChI is InChI=1S/C26H34ClF4N3O4S/c1-17-5-6-22(27)19(13-17)20-14-33(16-26(29,30)31)15-21(20)23(35)34-10-4-8-25(28,9-11-34)24(36)32-18(2)7-12-39(3,37)38/h5-7,12-13,18,20-21H,4,8-11,14-16H2,1-3H3,(H,32,36)/b12-7-/t18-,20+,21+,25-/m1/s1. The third kappa shape index (κ3) is 8.65. The van der Waals surface area contributed by atoms with Crippen molar-refractivity contribution < 1.29 is 35.6 Å². The second kappa shape index (κ2) is 12.1. The molecule has 0 aliphatic carbocycles. The highest BCUT2D eigenvalue weighted by atomic mass is 35.5. The van der Waals surface area contributed by atoms with E-state index in [4.69, 9.17) is 11.6 Å². The fraction of sp³-hybridized carbons (Fsp3) is 0.615. The van der Waals surface area contributed by atoms with E-state index in [1.807, 2.05) is 6.92 Å². The van der Waals surface area contributed by atoms with Crippen molar-refractivity contribution >= 4 is 33.3 Å². The molecule has 1 N–H and O–H groups in total. The van der Waals surface area contributed by atoms with Crippen LogP contribution in [0, 0.1) is 12.8 Å². The predicted octanol–water partition coefficient (Wildman–Crippen LogP) is 4.01. The number of benzene rings is 1. The molecule has 7 nitrogen and oxygen atoms in total. The number of halogens is 5. The Balaban J connectivity index is 1.75.